The highest BCUT2D eigenvalue weighted by Crippen LogP contribution is 2.24. The van der Waals surface area contributed by atoms with Crippen LogP contribution in [0.25, 0.3) is 10.2 Å². The Morgan fingerprint density at radius 1 is 1.62 bits per heavy atom. The Balaban J connectivity index is 2.79. The first-order valence-corrected chi connectivity index (χ1v) is 4.32. The lowest BCUT2D eigenvalue weighted by Crippen LogP contribution is -1.93. The molecule has 0 amide bonds. The van der Waals surface area contributed by atoms with Crippen molar-refractivity contribution in [3.63, 3.8) is 0 Å². The van der Waals surface area contributed by atoms with Crippen molar-refractivity contribution in [3.8, 4) is 0 Å². The molecule has 13 heavy (non-hydrogen) atoms. The monoisotopic (exact) mass is 197 g/mol. The lowest BCUT2D eigenvalue weighted by Gasteiger charge is -1.91. The van der Waals surface area contributed by atoms with Crippen LogP contribution in [-0.2, 0) is 0 Å². The van der Waals surface area contributed by atoms with Gasteiger partial charge in [0.25, 0.3) is 0 Å². The third-order valence-electron chi connectivity index (χ3n) is 1.63. The zero-order valence-corrected chi connectivity index (χ0v) is 7.14. The topological polar surface area (TPSA) is 50.2 Å². The van der Waals surface area contributed by atoms with E-state index in [0.29, 0.717) is 10.2 Å². The predicted octanol–water partition coefficient (Wildman–Crippen LogP) is 2.13. The van der Waals surface area contributed by atoms with E-state index in [-0.39, 0.29) is 5.56 Å². The fourth-order valence-corrected chi connectivity index (χ4v) is 1.92. The number of nitrogens with zero attached hydrogens (tertiary/aromatic N) is 1. The van der Waals surface area contributed by atoms with Gasteiger partial charge in [0.05, 0.1) is 11.8 Å². The number of hydrogen-bond donors (Lipinski definition) is 1. The summed E-state index contributed by atoms with van der Waals surface area (Å²) in [7, 11) is 0. The lowest BCUT2D eigenvalue weighted by atomic mass is 10.2. The Morgan fingerprint density at radius 2 is 2.38 bits per heavy atom. The van der Waals surface area contributed by atoms with Crippen molar-refractivity contribution >= 4 is 27.5 Å². The smallest absolute Gasteiger partial charge is 0.337 e. The molecule has 0 atom stereocenters. The Morgan fingerprint density at radius 3 is 3.08 bits per heavy atom. The summed E-state index contributed by atoms with van der Waals surface area (Å²) in [6, 6.07) is 1.18. The summed E-state index contributed by atoms with van der Waals surface area (Å²) in [5.41, 5.74) is 0.104. The quantitative estimate of drug-likeness (QED) is 0.761. The van der Waals surface area contributed by atoms with Crippen LogP contribution in [0.3, 0.4) is 0 Å². The summed E-state index contributed by atoms with van der Waals surface area (Å²) in [5, 5.41) is 10.5. The Kier molecular flexibility index (Phi) is 1.73. The van der Waals surface area contributed by atoms with Gasteiger partial charge in [-0.3, -0.25) is 0 Å². The highest BCUT2D eigenvalue weighted by molar-refractivity contribution is 7.17. The van der Waals surface area contributed by atoms with Crippen LogP contribution in [-0.4, -0.2) is 16.1 Å². The number of aromatic nitrogens is 1. The number of carbonyl (C=O) groups is 1. The van der Waals surface area contributed by atoms with Crippen LogP contribution in [0.1, 0.15) is 10.4 Å². The van der Waals surface area contributed by atoms with E-state index in [1.165, 1.54) is 22.8 Å². The van der Waals surface area contributed by atoms with Gasteiger partial charge in [0.1, 0.15) is 10.6 Å². The van der Waals surface area contributed by atoms with Crippen LogP contribution in [0, 0.1) is 5.82 Å². The minimum Gasteiger partial charge on any atom is -0.478 e. The molecule has 0 unspecified atom stereocenters. The number of aromatic carboxylic acids is 1. The second-order valence-corrected chi connectivity index (χ2v) is 3.32. The summed E-state index contributed by atoms with van der Waals surface area (Å²) >= 11 is 1.19. The van der Waals surface area contributed by atoms with Crippen LogP contribution >= 0.6 is 11.3 Å². The zero-order valence-electron chi connectivity index (χ0n) is 6.32. The van der Waals surface area contributed by atoms with Crippen molar-refractivity contribution in [1.29, 1.82) is 0 Å². The SMILES string of the molecule is O=C(O)c1csc2ncc(F)cc12. The van der Waals surface area contributed by atoms with Gasteiger partial charge in [-0.15, -0.1) is 11.3 Å². The molecule has 0 radical (unpaired) electrons. The number of fused-ring (bicyclic) bond motifs is 1. The molecule has 0 bridgehead atoms. The average molecular weight is 197 g/mol. The van der Waals surface area contributed by atoms with Gasteiger partial charge in [0, 0.05) is 10.8 Å². The first kappa shape index (κ1) is 8.12. The van der Waals surface area contributed by atoms with Gasteiger partial charge in [-0.1, -0.05) is 0 Å². The molecule has 1 N–H and O–H groups in total. The third kappa shape index (κ3) is 1.27. The molecule has 0 aromatic carbocycles. The number of carboxylic acids is 1. The lowest BCUT2D eigenvalue weighted by molar-refractivity contribution is 0.0699. The highest BCUT2D eigenvalue weighted by Gasteiger charge is 2.11. The minimum atomic E-state index is -1.06. The molecule has 0 aliphatic carbocycles. The maximum absolute atomic E-state index is 12.7. The molecule has 0 aliphatic rings. The molecule has 2 aromatic heterocycles. The molecule has 0 aliphatic heterocycles. The number of rotatable bonds is 1. The van der Waals surface area contributed by atoms with E-state index >= 15 is 0 Å². The van der Waals surface area contributed by atoms with Gasteiger partial charge >= 0.3 is 5.97 Å². The predicted molar refractivity (Wildman–Crippen MR) is 46.5 cm³/mol. The van der Waals surface area contributed by atoms with E-state index in [2.05, 4.69) is 4.98 Å². The number of carboxylic acid groups (broad SMARTS) is 1. The van der Waals surface area contributed by atoms with Gasteiger partial charge in [0.15, 0.2) is 0 Å². The van der Waals surface area contributed by atoms with E-state index in [1.807, 2.05) is 0 Å². The third-order valence-corrected chi connectivity index (χ3v) is 2.53. The summed E-state index contributed by atoms with van der Waals surface area (Å²) in [6.45, 7) is 0. The maximum Gasteiger partial charge on any atom is 0.337 e. The van der Waals surface area contributed by atoms with Crippen molar-refractivity contribution in [2.45, 2.75) is 0 Å². The number of pyridine rings is 1. The van der Waals surface area contributed by atoms with Crippen molar-refractivity contribution in [2.24, 2.45) is 0 Å². The van der Waals surface area contributed by atoms with Crippen LogP contribution in [0.5, 0.6) is 0 Å². The Labute approximate surface area is 76.5 Å². The largest absolute Gasteiger partial charge is 0.478 e. The molecule has 66 valence electrons. The van der Waals surface area contributed by atoms with E-state index in [1.54, 1.807) is 0 Å². The molecular weight excluding hydrogens is 193 g/mol. The van der Waals surface area contributed by atoms with Crippen molar-refractivity contribution in [1.82, 2.24) is 4.98 Å². The normalized spacial score (nSPS) is 10.5. The fourth-order valence-electron chi connectivity index (χ4n) is 1.06. The van der Waals surface area contributed by atoms with Gasteiger partial charge < -0.3 is 5.11 Å². The van der Waals surface area contributed by atoms with Crippen LogP contribution in [0.4, 0.5) is 4.39 Å². The molecule has 5 heteroatoms. The molecule has 0 spiro atoms. The van der Waals surface area contributed by atoms with Crippen molar-refractivity contribution in [2.75, 3.05) is 0 Å². The molecular formula is C8H4FNO2S. The first-order chi connectivity index (χ1) is 6.18. The molecule has 0 saturated carbocycles. The fraction of sp³-hybridized carbons (Fsp3) is 0. The number of halogens is 1. The van der Waals surface area contributed by atoms with E-state index in [9.17, 15) is 9.18 Å². The van der Waals surface area contributed by atoms with Gasteiger partial charge in [0.2, 0.25) is 0 Å². The highest BCUT2D eigenvalue weighted by atomic mass is 32.1. The summed E-state index contributed by atoms with van der Waals surface area (Å²) < 4.78 is 12.7. The molecule has 3 nitrogen and oxygen atoms in total. The molecule has 2 rings (SSSR count). The van der Waals surface area contributed by atoms with Gasteiger partial charge in [-0.25, -0.2) is 14.2 Å². The number of thiophene rings is 1. The van der Waals surface area contributed by atoms with Crippen molar-refractivity contribution < 1.29 is 14.3 Å². The number of hydrogen-bond acceptors (Lipinski definition) is 3. The average Bonchev–Trinajstić information content (AvgIpc) is 2.46. The molecule has 0 fully saturated rings. The van der Waals surface area contributed by atoms with Crippen LogP contribution < -0.4 is 0 Å². The van der Waals surface area contributed by atoms with Gasteiger partial charge in [-0.2, -0.15) is 0 Å². The van der Waals surface area contributed by atoms with E-state index in [0.717, 1.165) is 6.20 Å². The summed E-state index contributed by atoms with van der Waals surface area (Å²) in [6.07, 6.45) is 1.07. The summed E-state index contributed by atoms with van der Waals surface area (Å²) in [4.78, 5) is 14.9. The molecule has 2 heterocycles. The summed E-state index contributed by atoms with van der Waals surface area (Å²) in [5.74, 6) is -1.58. The van der Waals surface area contributed by atoms with E-state index < -0.39 is 11.8 Å². The first-order valence-electron chi connectivity index (χ1n) is 3.44. The maximum atomic E-state index is 12.7. The molecule has 0 saturated heterocycles. The van der Waals surface area contributed by atoms with Crippen LogP contribution in [0.2, 0.25) is 0 Å². The molecule has 2 aromatic rings. The van der Waals surface area contributed by atoms with Crippen molar-refractivity contribution in [3.05, 3.63) is 29.0 Å². The minimum absolute atomic E-state index is 0.104. The Bertz CT molecular complexity index is 480. The second kappa shape index (κ2) is 2.77. The van der Waals surface area contributed by atoms with Crippen LogP contribution in [0.15, 0.2) is 17.6 Å². The standard InChI is InChI=1S/C8H4FNO2S/c9-4-1-5-6(8(11)12)3-13-7(5)10-2-4/h1-3H,(H,11,12). The van der Waals surface area contributed by atoms with Gasteiger partial charge in [-0.05, 0) is 6.07 Å². The van der Waals surface area contributed by atoms with E-state index in [4.69, 9.17) is 5.11 Å². The Hall–Kier alpha value is -1.49. The zero-order chi connectivity index (χ0) is 9.42. The second-order valence-electron chi connectivity index (χ2n) is 2.46.